The summed E-state index contributed by atoms with van der Waals surface area (Å²) in [6, 6.07) is 4.47. The highest BCUT2D eigenvalue weighted by molar-refractivity contribution is 6.08. The van der Waals surface area contributed by atoms with Crippen LogP contribution in [-0.2, 0) is 9.59 Å². The van der Waals surface area contributed by atoms with Crippen molar-refractivity contribution < 1.29 is 14.0 Å². The maximum atomic E-state index is 12.9. The molecule has 0 aliphatic carbocycles. The summed E-state index contributed by atoms with van der Waals surface area (Å²) in [7, 11) is 0. The summed E-state index contributed by atoms with van der Waals surface area (Å²) in [6.07, 6.45) is 0. The van der Waals surface area contributed by atoms with E-state index in [1.165, 1.54) is 29.2 Å². The van der Waals surface area contributed by atoms with Crippen LogP contribution < -0.4 is 10.2 Å². The summed E-state index contributed by atoms with van der Waals surface area (Å²) < 4.78 is 12.9. The quantitative estimate of drug-likeness (QED) is 0.884. The molecule has 1 aliphatic heterocycles. The fourth-order valence-corrected chi connectivity index (χ4v) is 2.20. The second-order valence-corrected chi connectivity index (χ2v) is 5.09. The summed E-state index contributed by atoms with van der Waals surface area (Å²) in [5.74, 6) is -0.714. The molecule has 0 radical (unpaired) electrons. The third-order valence-electron chi connectivity index (χ3n) is 3.34. The van der Waals surface area contributed by atoms with Crippen LogP contribution in [0.15, 0.2) is 24.3 Å². The minimum absolute atomic E-state index is 0.00639. The molecule has 1 aromatic rings. The van der Waals surface area contributed by atoms with Crippen LogP contribution in [0, 0.1) is 11.7 Å². The number of nitrogens with zero attached hydrogens (tertiary/aromatic N) is 1. The van der Waals surface area contributed by atoms with Crippen LogP contribution in [0.25, 0.3) is 0 Å². The van der Waals surface area contributed by atoms with Gasteiger partial charge in [-0.15, -0.1) is 0 Å². The SMILES string of the molecule is CC(C)C1NC(=O)C(C)N(c2ccc(F)cc2)C1=O. The van der Waals surface area contributed by atoms with E-state index in [4.69, 9.17) is 0 Å². The molecule has 1 N–H and O–H groups in total. The molecule has 0 bridgehead atoms. The number of piperazine rings is 1. The number of rotatable bonds is 2. The summed E-state index contributed by atoms with van der Waals surface area (Å²) in [4.78, 5) is 25.8. The average molecular weight is 264 g/mol. The largest absolute Gasteiger partial charge is 0.342 e. The van der Waals surface area contributed by atoms with Crippen molar-refractivity contribution in [1.29, 1.82) is 0 Å². The monoisotopic (exact) mass is 264 g/mol. The van der Waals surface area contributed by atoms with E-state index in [9.17, 15) is 14.0 Å². The highest BCUT2D eigenvalue weighted by Crippen LogP contribution is 2.23. The molecule has 1 heterocycles. The van der Waals surface area contributed by atoms with Crippen LogP contribution in [0.5, 0.6) is 0 Å². The molecule has 0 saturated carbocycles. The van der Waals surface area contributed by atoms with Crippen LogP contribution in [-0.4, -0.2) is 23.9 Å². The molecule has 5 heteroatoms. The molecule has 0 spiro atoms. The second kappa shape index (κ2) is 4.99. The van der Waals surface area contributed by atoms with Gasteiger partial charge < -0.3 is 5.32 Å². The van der Waals surface area contributed by atoms with Crippen molar-refractivity contribution in [1.82, 2.24) is 5.32 Å². The maximum Gasteiger partial charge on any atom is 0.250 e. The summed E-state index contributed by atoms with van der Waals surface area (Å²) >= 11 is 0. The standard InChI is InChI=1S/C14H17FN2O2/c1-8(2)12-14(19)17(9(3)13(18)16-12)11-6-4-10(15)5-7-11/h4-9,12H,1-3H3,(H,16,18). The van der Waals surface area contributed by atoms with E-state index in [1.54, 1.807) is 6.92 Å². The third kappa shape index (κ3) is 2.45. The van der Waals surface area contributed by atoms with Crippen LogP contribution >= 0.6 is 0 Å². The number of nitrogens with one attached hydrogen (secondary N) is 1. The lowest BCUT2D eigenvalue weighted by molar-refractivity contribution is -0.134. The zero-order valence-electron chi connectivity index (χ0n) is 11.2. The fraction of sp³-hybridized carbons (Fsp3) is 0.429. The van der Waals surface area contributed by atoms with E-state index in [0.717, 1.165) is 0 Å². The number of benzene rings is 1. The smallest absolute Gasteiger partial charge is 0.250 e. The van der Waals surface area contributed by atoms with Gasteiger partial charge in [-0.2, -0.15) is 0 Å². The van der Waals surface area contributed by atoms with Crippen molar-refractivity contribution in [2.75, 3.05) is 4.90 Å². The van der Waals surface area contributed by atoms with Crippen LogP contribution in [0.4, 0.5) is 10.1 Å². The number of hydrogen-bond acceptors (Lipinski definition) is 2. The molecule has 2 amide bonds. The van der Waals surface area contributed by atoms with Gasteiger partial charge in [-0.1, -0.05) is 13.8 Å². The lowest BCUT2D eigenvalue weighted by atomic mass is 9.98. The Hall–Kier alpha value is -1.91. The molecule has 102 valence electrons. The van der Waals surface area contributed by atoms with E-state index in [-0.39, 0.29) is 23.5 Å². The summed E-state index contributed by atoms with van der Waals surface area (Å²) in [5.41, 5.74) is 0.541. The van der Waals surface area contributed by atoms with Gasteiger partial charge in [0.05, 0.1) is 0 Å². The van der Waals surface area contributed by atoms with Gasteiger partial charge in [0.1, 0.15) is 17.9 Å². The van der Waals surface area contributed by atoms with E-state index < -0.39 is 12.1 Å². The minimum atomic E-state index is -0.590. The molecule has 1 aliphatic rings. The van der Waals surface area contributed by atoms with Gasteiger partial charge >= 0.3 is 0 Å². The number of halogens is 1. The Morgan fingerprint density at radius 2 is 1.79 bits per heavy atom. The fourth-order valence-electron chi connectivity index (χ4n) is 2.20. The van der Waals surface area contributed by atoms with Gasteiger partial charge in [-0.25, -0.2) is 4.39 Å². The van der Waals surface area contributed by atoms with Gasteiger partial charge in [0.15, 0.2) is 0 Å². The molecule has 0 aromatic heterocycles. The Morgan fingerprint density at radius 3 is 2.32 bits per heavy atom. The predicted octanol–water partition coefficient (Wildman–Crippen LogP) is 1.70. The lowest BCUT2D eigenvalue weighted by Gasteiger charge is -2.38. The molecule has 1 fully saturated rings. The Bertz CT molecular complexity index is 499. The number of carbonyl (C=O) groups excluding carboxylic acids is 2. The first kappa shape index (κ1) is 13.5. The first-order chi connectivity index (χ1) is 8.91. The second-order valence-electron chi connectivity index (χ2n) is 5.09. The van der Waals surface area contributed by atoms with Gasteiger partial charge in [-0.3, -0.25) is 14.5 Å². The Kier molecular flexibility index (Phi) is 3.55. The van der Waals surface area contributed by atoms with E-state index in [2.05, 4.69) is 5.32 Å². The van der Waals surface area contributed by atoms with Gasteiger partial charge in [0.25, 0.3) is 5.91 Å². The maximum absolute atomic E-state index is 12.9. The van der Waals surface area contributed by atoms with Crippen molar-refractivity contribution in [3.63, 3.8) is 0 Å². The number of anilines is 1. The van der Waals surface area contributed by atoms with E-state index >= 15 is 0 Å². The molecule has 2 rings (SSSR count). The first-order valence-corrected chi connectivity index (χ1v) is 6.31. The van der Waals surface area contributed by atoms with Crippen LogP contribution in [0.3, 0.4) is 0 Å². The average Bonchev–Trinajstić information content (AvgIpc) is 2.36. The van der Waals surface area contributed by atoms with Crippen molar-refractivity contribution in [3.05, 3.63) is 30.1 Å². The topological polar surface area (TPSA) is 49.4 Å². The van der Waals surface area contributed by atoms with Crippen LogP contribution in [0.1, 0.15) is 20.8 Å². The van der Waals surface area contributed by atoms with E-state index in [1.807, 2.05) is 13.8 Å². The summed E-state index contributed by atoms with van der Waals surface area (Å²) in [6.45, 7) is 5.41. The van der Waals surface area contributed by atoms with Crippen molar-refractivity contribution >= 4 is 17.5 Å². The molecule has 1 aromatic carbocycles. The highest BCUT2D eigenvalue weighted by atomic mass is 19.1. The lowest BCUT2D eigenvalue weighted by Crippen LogP contribution is -2.64. The molecule has 1 saturated heterocycles. The Balaban J connectivity index is 2.37. The van der Waals surface area contributed by atoms with Gasteiger partial charge in [-0.05, 0) is 37.1 Å². The predicted molar refractivity (Wildman–Crippen MR) is 70.1 cm³/mol. The van der Waals surface area contributed by atoms with Crippen molar-refractivity contribution in [2.45, 2.75) is 32.9 Å². The molecule has 2 atom stereocenters. The van der Waals surface area contributed by atoms with Gasteiger partial charge in [0.2, 0.25) is 5.91 Å². The summed E-state index contributed by atoms with van der Waals surface area (Å²) in [5, 5.41) is 2.72. The Labute approximate surface area is 111 Å². The van der Waals surface area contributed by atoms with Gasteiger partial charge in [0, 0.05) is 5.69 Å². The number of hydrogen-bond donors (Lipinski definition) is 1. The third-order valence-corrected chi connectivity index (χ3v) is 3.34. The molecular formula is C14H17FN2O2. The molecule has 19 heavy (non-hydrogen) atoms. The van der Waals surface area contributed by atoms with Crippen molar-refractivity contribution in [3.8, 4) is 0 Å². The molecule has 4 nitrogen and oxygen atoms in total. The highest BCUT2D eigenvalue weighted by Gasteiger charge is 2.40. The van der Waals surface area contributed by atoms with Crippen LogP contribution in [0.2, 0.25) is 0 Å². The minimum Gasteiger partial charge on any atom is -0.342 e. The molecular weight excluding hydrogens is 247 g/mol. The normalized spacial score (nSPS) is 23.7. The zero-order chi connectivity index (χ0) is 14.2. The number of amides is 2. The first-order valence-electron chi connectivity index (χ1n) is 6.31. The molecule has 2 unspecified atom stereocenters. The number of carbonyl (C=O) groups is 2. The zero-order valence-corrected chi connectivity index (χ0v) is 11.2. The Morgan fingerprint density at radius 1 is 1.21 bits per heavy atom. The van der Waals surface area contributed by atoms with E-state index in [0.29, 0.717) is 5.69 Å². The van der Waals surface area contributed by atoms with Crippen molar-refractivity contribution in [2.24, 2.45) is 5.92 Å².